The van der Waals surface area contributed by atoms with Crippen molar-refractivity contribution in [1.29, 1.82) is 0 Å². The van der Waals surface area contributed by atoms with Gasteiger partial charge in [-0.05, 0) is 19.1 Å². The molecular formula is C11H8NO2P. The van der Waals surface area contributed by atoms with Gasteiger partial charge in [-0.2, -0.15) is 0 Å². The molecule has 0 amide bonds. The molecule has 3 nitrogen and oxygen atoms in total. The Hall–Kier alpha value is -1.60. The first-order chi connectivity index (χ1) is 7.25. The van der Waals surface area contributed by atoms with E-state index in [1.807, 2.05) is 25.1 Å². The highest BCUT2D eigenvalue weighted by Gasteiger charge is 2.09. The number of rotatable bonds is 0. The van der Waals surface area contributed by atoms with Crippen LogP contribution in [0.25, 0.3) is 21.6 Å². The summed E-state index contributed by atoms with van der Waals surface area (Å²) in [5.41, 5.74) is 2.17. The molecule has 0 saturated heterocycles. The maximum atomic E-state index is 11.6. The van der Waals surface area contributed by atoms with E-state index in [0.29, 0.717) is 18.9 Å². The van der Waals surface area contributed by atoms with Gasteiger partial charge in [-0.15, -0.1) is 0 Å². The van der Waals surface area contributed by atoms with Crippen LogP contribution in [0.15, 0.2) is 33.5 Å². The fourth-order valence-electron chi connectivity index (χ4n) is 1.74. The molecule has 0 saturated carbocycles. The number of hydrogen-bond donors (Lipinski definition) is 0. The van der Waals surface area contributed by atoms with Crippen LogP contribution < -0.4 is 5.63 Å². The zero-order chi connectivity index (χ0) is 10.4. The van der Waals surface area contributed by atoms with Crippen molar-refractivity contribution in [1.82, 2.24) is 4.98 Å². The molecule has 1 aromatic carbocycles. The lowest BCUT2D eigenvalue weighted by Crippen LogP contribution is -1.96. The molecule has 0 bridgehead atoms. The van der Waals surface area contributed by atoms with E-state index in [1.165, 1.54) is 0 Å². The molecular weight excluding hydrogens is 209 g/mol. The standard InChI is InChI=1S/C11H8NO2P/c1-6-12-9-7-4-2-3-5-8(7)14-11(13)10(9)15-6/h2-5,15H,1H3. The van der Waals surface area contributed by atoms with Gasteiger partial charge in [-0.25, -0.2) is 9.78 Å². The van der Waals surface area contributed by atoms with Crippen molar-refractivity contribution in [3.8, 4) is 0 Å². The van der Waals surface area contributed by atoms with E-state index in [9.17, 15) is 4.79 Å². The van der Waals surface area contributed by atoms with Gasteiger partial charge in [0.1, 0.15) is 10.7 Å². The summed E-state index contributed by atoms with van der Waals surface area (Å²) in [5.74, 6) is 0. The normalized spacial score (nSPS) is 11.8. The first-order valence-electron chi connectivity index (χ1n) is 4.64. The Morgan fingerprint density at radius 3 is 3.00 bits per heavy atom. The number of hydrogen-bond acceptors (Lipinski definition) is 3. The second-order valence-electron chi connectivity index (χ2n) is 3.43. The molecule has 3 rings (SSSR count). The highest BCUT2D eigenvalue weighted by Crippen LogP contribution is 2.28. The number of benzene rings is 1. The van der Waals surface area contributed by atoms with E-state index in [1.54, 1.807) is 6.07 Å². The Bertz CT molecular complexity index is 711. The minimum Gasteiger partial charge on any atom is -0.422 e. The Labute approximate surface area is 86.8 Å². The Kier molecular flexibility index (Phi) is 1.70. The summed E-state index contributed by atoms with van der Waals surface area (Å²) in [6.45, 7) is 1.94. The molecule has 0 aliphatic heterocycles. The summed E-state index contributed by atoms with van der Waals surface area (Å²) < 4.78 is 5.23. The molecule has 1 unspecified atom stereocenters. The predicted molar refractivity (Wildman–Crippen MR) is 62.0 cm³/mol. The Balaban J connectivity index is 2.69. The van der Waals surface area contributed by atoms with Gasteiger partial charge in [-0.1, -0.05) is 20.3 Å². The van der Waals surface area contributed by atoms with Crippen LogP contribution in [-0.2, 0) is 0 Å². The van der Waals surface area contributed by atoms with Gasteiger partial charge in [0.15, 0.2) is 0 Å². The lowest BCUT2D eigenvalue weighted by Gasteiger charge is -1.95. The quantitative estimate of drug-likeness (QED) is 0.543. The van der Waals surface area contributed by atoms with Gasteiger partial charge in [-0.3, -0.25) is 0 Å². The summed E-state index contributed by atoms with van der Waals surface area (Å²) in [5, 5.41) is 1.64. The van der Waals surface area contributed by atoms with E-state index >= 15 is 0 Å². The van der Waals surface area contributed by atoms with Crippen LogP contribution in [0.1, 0.15) is 5.43 Å². The number of nitrogens with zero attached hydrogens (tertiary/aromatic N) is 1. The third-order valence-corrected chi connectivity index (χ3v) is 3.54. The molecule has 0 aliphatic carbocycles. The maximum absolute atomic E-state index is 11.6. The molecule has 1 atom stereocenters. The number of fused-ring (bicyclic) bond motifs is 3. The first kappa shape index (κ1) is 8.69. The van der Waals surface area contributed by atoms with Crippen molar-refractivity contribution in [2.75, 3.05) is 0 Å². The van der Waals surface area contributed by atoms with Crippen LogP contribution in [0.4, 0.5) is 0 Å². The molecule has 3 aromatic rings. The minimum absolute atomic E-state index is 0.248. The van der Waals surface area contributed by atoms with Gasteiger partial charge in [0.2, 0.25) is 0 Å². The van der Waals surface area contributed by atoms with Gasteiger partial charge in [0.05, 0.1) is 10.9 Å². The molecule has 15 heavy (non-hydrogen) atoms. The monoisotopic (exact) mass is 217 g/mol. The van der Waals surface area contributed by atoms with Crippen molar-refractivity contribution >= 4 is 29.8 Å². The number of aryl methyl sites for hydroxylation is 1. The first-order valence-corrected chi connectivity index (χ1v) is 5.64. The summed E-state index contributed by atoms with van der Waals surface area (Å²) >= 11 is 0. The fourth-order valence-corrected chi connectivity index (χ4v) is 2.73. The molecule has 0 fully saturated rings. The van der Waals surface area contributed by atoms with Crippen LogP contribution in [0.5, 0.6) is 0 Å². The average Bonchev–Trinajstić information content (AvgIpc) is 2.61. The molecule has 0 spiro atoms. The van der Waals surface area contributed by atoms with Crippen molar-refractivity contribution in [2.45, 2.75) is 6.92 Å². The van der Waals surface area contributed by atoms with Gasteiger partial charge >= 0.3 is 5.63 Å². The SMILES string of the molecule is Cc1nc2c([pH]1)c(=O)oc1ccccc12. The third kappa shape index (κ3) is 1.20. The maximum Gasteiger partial charge on any atom is 0.349 e. The molecule has 0 aliphatic rings. The molecule has 4 heteroatoms. The highest BCUT2D eigenvalue weighted by atomic mass is 31.0. The van der Waals surface area contributed by atoms with E-state index in [-0.39, 0.29) is 5.63 Å². The molecule has 74 valence electrons. The van der Waals surface area contributed by atoms with Gasteiger partial charge < -0.3 is 4.42 Å². The fraction of sp³-hybridized carbons (Fsp3) is 0.0909. The van der Waals surface area contributed by atoms with Crippen molar-refractivity contribution in [2.24, 2.45) is 0 Å². The lowest BCUT2D eigenvalue weighted by atomic mass is 10.2. The lowest BCUT2D eigenvalue weighted by molar-refractivity contribution is 0.570. The minimum atomic E-state index is -0.248. The summed E-state index contributed by atoms with van der Waals surface area (Å²) in [6.07, 6.45) is 0. The van der Waals surface area contributed by atoms with E-state index in [4.69, 9.17) is 4.42 Å². The Morgan fingerprint density at radius 1 is 1.33 bits per heavy atom. The average molecular weight is 217 g/mol. The van der Waals surface area contributed by atoms with Crippen molar-refractivity contribution in [3.63, 3.8) is 0 Å². The van der Waals surface area contributed by atoms with E-state index in [0.717, 1.165) is 16.3 Å². The second kappa shape index (κ2) is 2.94. The van der Waals surface area contributed by atoms with Crippen LogP contribution in [0.3, 0.4) is 0 Å². The highest BCUT2D eigenvalue weighted by molar-refractivity contribution is 7.37. The molecule has 0 radical (unpaired) electrons. The van der Waals surface area contributed by atoms with Crippen molar-refractivity contribution in [3.05, 3.63) is 40.1 Å². The molecule has 2 heterocycles. The largest absolute Gasteiger partial charge is 0.422 e. The zero-order valence-corrected chi connectivity index (χ0v) is 9.07. The molecule has 0 N–H and O–H groups in total. The van der Waals surface area contributed by atoms with Gasteiger partial charge in [0.25, 0.3) is 0 Å². The van der Waals surface area contributed by atoms with E-state index in [2.05, 4.69) is 4.98 Å². The van der Waals surface area contributed by atoms with Crippen LogP contribution in [0.2, 0.25) is 0 Å². The number of para-hydroxylation sites is 1. The second-order valence-corrected chi connectivity index (χ2v) is 4.91. The van der Waals surface area contributed by atoms with Gasteiger partial charge in [0, 0.05) is 5.39 Å². The summed E-state index contributed by atoms with van der Waals surface area (Å²) in [7, 11) is 0.359. The van der Waals surface area contributed by atoms with Crippen molar-refractivity contribution < 1.29 is 4.42 Å². The number of aromatic nitrogens is 1. The predicted octanol–water partition coefficient (Wildman–Crippen LogP) is 2.68. The van der Waals surface area contributed by atoms with Crippen LogP contribution in [0, 0.1) is 6.92 Å². The Morgan fingerprint density at radius 2 is 2.13 bits per heavy atom. The zero-order valence-electron chi connectivity index (χ0n) is 8.07. The van der Waals surface area contributed by atoms with Crippen LogP contribution >= 0.6 is 8.19 Å². The summed E-state index contributed by atoms with van der Waals surface area (Å²) in [6, 6.07) is 7.51. The third-order valence-electron chi connectivity index (χ3n) is 2.37. The van der Waals surface area contributed by atoms with Crippen LogP contribution in [-0.4, -0.2) is 4.98 Å². The smallest absolute Gasteiger partial charge is 0.349 e. The summed E-state index contributed by atoms with van der Waals surface area (Å²) in [4.78, 5) is 16.0. The molecule has 2 aromatic heterocycles. The topological polar surface area (TPSA) is 43.1 Å². The van der Waals surface area contributed by atoms with E-state index < -0.39 is 0 Å².